The lowest BCUT2D eigenvalue weighted by Crippen LogP contribution is -2.28. The molecule has 0 aromatic heterocycles. The van der Waals surface area contributed by atoms with Crippen molar-refractivity contribution < 1.29 is 4.74 Å². The molecule has 1 aromatic carbocycles. The first-order chi connectivity index (χ1) is 7.31. The predicted octanol–water partition coefficient (Wildman–Crippen LogP) is 2.78. The van der Waals surface area contributed by atoms with Crippen molar-refractivity contribution in [3.63, 3.8) is 0 Å². The summed E-state index contributed by atoms with van der Waals surface area (Å²) >= 11 is 5.87. The lowest BCUT2D eigenvalue weighted by Gasteiger charge is -2.22. The fourth-order valence-electron chi connectivity index (χ4n) is 2.10. The van der Waals surface area contributed by atoms with Crippen LogP contribution in [0, 0.1) is 0 Å². The Bertz CT molecular complexity index is 306. The molecule has 2 rings (SSSR count). The van der Waals surface area contributed by atoms with E-state index in [0.717, 1.165) is 24.5 Å². The average molecular weight is 226 g/mol. The third-order valence-electron chi connectivity index (χ3n) is 2.88. The van der Waals surface area contributed by atoms with E-state index in [4.69, 9.17) is 16.3 Å². The summed E-state index contributed by atoms with van der Waals surface area (Å²) in [5.41, 5.74) is 1.24. The maximum atomic E-state index is 5.87. The van der Waals surface area contributed by atoms with Crippen molar-refractivity contribution in [1.82, 2.24) is 5.32 Å². The summed E-state index contributed by atoms with van der Waals surface area (Å²) in [6.45, 7) is 0.885. The van der Waals surface area contributed by atoms with Gasteiger partial charge in [0.2, 0.25) is 0 Å². The summed E-state index contributed by atoms with van der Waals surface area (Å²) in [6.07, 6.45) is 2.60. The Hall–Kier alpha value is -0.570. The van der Waals surface area contributed by atoms with Crippen LogP contribution in [-0.2, 0) is 4.74 Å². The van der Waals surface area contributed by atoms with Crippen LogP contribution in [0.2, 0.25) is 5.02 Å². The van der Waals surface area contributed by atoms with Gasteiger partial charge in [0.15, 0.2) is 0 Å². The van der Waals surface area contributed by atoms with Crippen LogP contribution in [0.25, 0.3) is 0 Å². The van der Waals surface area contributed by atoms with E-state index in [9.17, 15) is 0 Å². The summed E-state index contributed by atoms with van der Waals surface area (Å²) in [5.74, 6) is 0. The number of hydrogen-bond acceptors (Lipinski definition) is 2. The van der Waals surface area contributed by atoms with E-state index in [2.05, 4.69) is 17.4 Å². The summed E-state index contributed by atoms with van der Waals surface area (Å²) in [4.78, 5) is 0. The Balaban J connectivity index is 2.14. The van der Waals surface area contributed by atoms with Gasteiger partial charge in [-0.3, -0.25) is 0 Å². The van der Waals surface area contributed by atoms with Gasteiger partial charge < -0.3 is 10.1 Å². The van der Waals surface area contributed by atoms with E-state index in [0.29, 0.717) is 6.10 Å². The Kier molecular flexibility index (Phi) is 3.62. The molecule has 0 bridgehead atoms. The highest BCUT2D eigenvalue weighted by Gasteiger charge is 2.25. The zero-order valence-electron chi connectivity index (χ0n) is 8.87. The van der Waals surface area contributed by atoms with Crippen molar-refractivity contribution in [2.24, 2.45) is 0 Å². The normalized spacial score (nSPS) is 22.9. The molecule has 1 aliphatic rings. The van der Waals surface area contributed by atoms with E-state index in [1.54, 1.807) is 0 Å². The van der Waals surface area contributed by atoms with Crippen LogP contribution in [0.5, 0.6) is 0 Å². The van der Waals surface area contributed by atoms with Crippen molar-refractivity contribution in [2.45, 2.75) is 25.0 Å². The van der Waals surface area contributed by atoms with Gasteiger partial charge in [-0.15, -0.1) is 0 Å². The van der Waals surface area contributed by atoms with Crippen molar-refractivity contribution in [1.29, 1.82) is 0 Å². The van der Waals surface area contributed by atoms with Crippen LogP contribution in [-0.4, -0.2) is 19.8 Å². The number of halogens is 1. The van der Waals surface area contributed by atoms with E-state index in [-0.39, 0.29) is 6.04 Å². The van der Waals surface area contributed by atoms with Crippen molar-refractivity contribution >= 4 is 11.6 Å². The zero-order valence-corrected chi connectivity index (χ0v) is 9.63. The fourth-order valence-corrected chi connectivity index (χ4v) is 2.23. The van der Waals surface area contributed by atoms with Crippen molar-refractivity contribution in [3.05, 3.63) is 34.9 Å². The number of likely N-dealkylation sites (N-methyl/N-ethyl adjacent to an activating group) is 1. The number of ether oxygens (including phenoxy) is 1. The molecule has 15 heavy (non-hydrogen) atoms. The topological polar surface area (TPSA) is 21.3 Å². The van der Waals surface area contributed by atoms with E-state index < -0.39 is 0 Å². The predicted molar refractivity (Wildman–Crippen MR) is 62.2 cm³/mol. The third-order valence-corrected chi connectivity index (χ3v) is 3.13. The molecular weight excluding hydrogens is 210 g/mol. The first-order valence-electron chi connectivity index (χ1n) is 5.35. The van der Waals surface area contributed by atoms with Crippen molar-refractivity contribution in [2.75, 3.05) is 13.7 Å². The molecule has 0 unspecified atom stereocenters. The van der Waals surface area contributed by atoms with Crippen LogP contribution in [0.4, 0.5) is 0 Å². The SMILES string of the molecule is CN[C@@H](c1ccc(Cl)cc1)[C@H]1CCCO1. The first kappa shape index (κ1) is 10.9. The highest BCUT2D eigenvalue weighted by molar-refractivity contribution is 6.30. The lowest BCUT2D eigenvalue weighted by atomic mass is 10.00. The van der Waals surface area contributed by atoms with E-state index >= 15 is 0 Å². The van der Waals surface area contributed by atoms with Gasteiger partial charge in [-0.2, -0.15) is 0 Å². The van der Waals surface area contributed by atoms with Crippen molar-refractivity contribution in [3.8, 4) is 0 Å². The molecule has 2 nitrogen and oxygen atoms in total. The molecule has 2 atom stereocenters. The molecule has 1 aromatic rings. The Morgan fingerprint density at radius 1 is 1.40 bits per heavy atom. The summed E-state index contributed by atoms with van der Waals surface area (Å²) in [7, 11) is 1.97. The van der Waals surface area contributed by atoms with Gasteiger partial charge in [-0.05, 0) is 37.6 Å². The van der Waals surface area contributed by atoms with E-state index in [1.807, 2.05) is 19.2 Å². The molecule has 1 saturated heterocycles. The minimum Gasteiger partial charge on any atom is -0.376 e. The standard InChI is InChI=1S/C12H16ClNO/c1-14-12(11-3-2-8-15-11)9-4-6-10(13)7-5-9/h4-7,11-12,14H,2-3,8H2,1H3/t11-,12+/m1/s1. The number of rotatable bonds is 3. The van der Waals surface area contributed by atoms with Gasteiger partial charge in [0.25, 0.3) is 0 Å². The average Bonchev–Trinajstić information content (AvgIpc) is 2.75. The molecule has 82 valence electrons. The van der Waals surface area contributed by atoms with Crippen LogP contribution >= 0.6 is 11.6 Å². The Morgan fingerprint density at radius 3 is 2.67 bits per heavy atom. The van der Waals surface area contributed by atoms with Crippen LogP contribution in [0.1, 0.15) is 24.4 Å². The highest BCUT2D eigenvalue weighted by Crippen LogP contribution is 2.27. The monoisotopic (exact) mass is 225 g/mol. The molecule has 3 heteroatoms. The zero-order chi connectivity index (χ0) is 10.7. The molecular formula is C12H16ClNO. The summed E-state index contributed by atoms with van der Waals surface area (Å²) in [5, 5.41) is 4.09. The van der Waals surface area contributed by atoms with Gasteiger partial charge in [0, 0.05) is 11.6 Å². The molecule has 0 saturated carbocycles. The molecule has 1 N–H and O–H groups in total. The van der Waals surface area contributed by atoms with E-state index in [1.165, 1.54) is 5.56 Å². The molecule has 0 radical (unpaired) electrons. The second-order valence-electron chi connectivity index (χ2n) is 3.87. The summed E-state index contributed by atoms with van der Waals surface area (Å²) in [6, 6.07) is 8.26. The Morgan fingerprint density at radius 2 is 2.13 bits per heavy atom. The van der Waals surface area contributed by atoms with Gasteiger partial charge >= 0.3 is 0 Å². The molecule has 1 aliphatic heterocycles. The van der Waals surface area contributed by atoms with Crippen LogP contribution < -0.4 is 5.32 Å². The Labute approximate surface area is 95.6 Å². The van der Waals surface area contributed by atoms with Crippen LogP contribution in [0.15, 0.2) is 24.3 Å². The van der Waals surface area contributed by atoms with Gasteiger partial charge in [-0.25, -0.2) is 0 Å². The van der Waals surface area contributed by atoms with Gasteiger partial charge in [0.05, 0.1) is 12.1 Å². The fraction of sp³-hybridized carbons (Fsp3) is 0.500. The largest absolute Gasteiger partial charge is 0.376 e. The minimum absolute atomic E-state index is 0.282. The third kappa shape index (κ3) is 2.51. The lowest BCUT2D eigenvalue weighted by molar-refractivity contribution is 0.0808. The molecule has 1 heterocycles. The molecule has 0 aliphatic carbocycles. The first-order valence-corrected chi connectivity index (χ1v) is 5.73. The molecule has 1 fully saturated rings. The quantitative estimate of drug-likeness (QED) is 0.854. The van der Waals surface area contributed by atoms with Gasteiger partial charge in [-0.1, -0.05) is 23.7 Å². The maximum absolute atomic E-state index is 5.87. The summed E-state index contributed by atoms with van der Waals surface area (Å²) < 4.78 is 5.70. The maximum Gasteiger partial charge on any atom is 0.0770 e. The number of hydrogen-bond donors (Lipinski definition) is 1. The number of benzene rings is 1. The highest BCUT2D eigenvalue weighted by atomic mass is 35.5. The second kappa shape index (κ2) is 4.97. The minimum atomic E-state index is 0.282. The van der Waals surface area contributed by atoms with Crippen LogP contribution in [0.3, 0.4) is 0 Å². The molecule has 0 amide bonds. The smallest absolute Gasteiger partial charge is 0.0770 e. The number of nitrogens with one attached hydrogen (secondary N) is 1. The van der Waals surface area contributed by atoms with Gasteiger partial charge in [0.1, 0.15) is 0 Å². The molecule has 0 spiro atoms. The second-order valence-corrected chi connectivity index (χ2v) is 4.31.